The smallest absolute Gasteiger partial charge is 0.254 e. The van der Waals surface area contributed by atoms with Gasteiger partial charge in [0.05, 0.1) is 11.9 Å². The Kier molecular flexibility index (Phi) is 3.75. The molecule has 1 atom stereocenters. The highest BCUT2D eigenvalue weighted by atomic mass is 16.2. The summed E-state index contributed by atoms with van der Waals surface area (Å²) in [6.45, 7) is 3.35. The van der Waals surface area contributed by atoms with E-state index in [0.717, 1.165) is 30.6 Å². The first-order valence-corrected chi connectivity index (χ1v) is 7.32. The number of hydrogen-bond donors (Lipinski definition) is 1. The molecule has 1 saturated heterocycles. The van der Waals surface area contributed by atoms with Crippen LogP contribution in [-0.4, -0.2) is 39.7 Å². The van der Waals surface area contributed by atoms with Crippen molar-refractivity contribution in [3.05, 3.63) is 47.8 Å². The molecule has 0 aliphatic carbocycles. The highest BCUT2D eigenvalue weighted by Crippen LogP contribution is 2.20. The SMILES string of the molecule is Cc1cnn(-c2ccc(C(=O)N3CCCC3CN)cc2)c1. The van der Waals surface area contributed by atoms with Crippen LogP contribution >= 0.6 is 0 Å². The van der Waals surface area contributed by atoms with Gasteiger partial charge in [-0.15, -0.1) is 0 Å². The number of nitrogens with two attached hydrogens (primary N) is 1. The minimum Gasteiger partial charge on any atom is -0.334 e. The van der Waals surface area contributed by atoms with Crippen LogP contribution in [0.25, 0.3) is 5.69 Å². The van der Waals surface area contributed by atoms with Crippen LogP contribution in [0.3, 0.4) is 0 Å². The molecule has 1 amide bonds. The Morgan fingerprint density at radius 2 is 2.14 bits per heavy atom. The Balaban J connectivity index is 1.79. The summed E-state index contributed by atoms with van der Waals surface area (Å²) in [6.07, 6.45) is 5.82. The Morgan fingerprint density at radius 1 is 1.38 bits per heavy atom. The number of carbonyl (C=O) groups is 1. The molecule has 5 nitrogen and oxygen atoms in total. The minimum absolute atomic E-state index is 0.0751. The maximum Gasteiger partial charge on any atom is 0.254 e. The van der Waals surface area contributed by atoms with Crippen molar-refractivity contribution in [1.29, 1.82) is 0 Å². The summed E-state index contributed by atoms with van der Waals surface area (Å²) < 4.78 is 1.81. The molecule has 1 aliphatic rings. The van der Waals surface area contributed by atoms with Gasteiger partial charge in [-0.3, -0.25) is 4.79 Å². The van der Waals surface area contributed by atoms with Crippen molar-refractivity contribution in [2.24, 2.45) is 5.73 Å². The van der Waals surface area contributed by atoms with Crippen molar-refractivity contribution < 1.29 is 4.79 Å². The third-order valence-electron chi connectivity index (χ3n) is 4.00. The molecule has 0 bridgehead atoms. The Bertz CT molecular complexity index is 632. The van der Waals surface area contributed by atoms with Gasteiger partial charge in [0, 0.05) is 30.9 Å². The molecular formula is C16H20N4O. The Morgan fingerprint density at radius 3 is 2.76 bits per heavy atom. The van der Waals surface area contributed by atoms with Crippen LogP contribution in [0, 0.1) is 6.92 Å². The standard InChI is InChI=1S/C16H20N4O/c1-12-10-18-20(11-12)14-6-4-13(5-7-14)16(21)19-8-2-3-15(19)9-17/h4-7,10-11,15H,2-3,8-9,17H2,1H3. The molecule has 0 saturated carbocycles. The molecule has 1 fully saturated rings. The van der Waals surface area contributed by atoms with E-state index in [0.29, 0.717) is 12.1 Å². The van der Waals surface area contributed by atoms with Crippen LogP contribution in [0.15, 0.2) is 36.7 Å². The van der Waals surface area contributed by atoms with E-state index in [2.05, 4.69) is 5.10 Å². The number of benzene rings is 1. The largest absolute Gasteiger partial charge is 0.334 e. The van der Waals surface area contributed by atoms with Crippen LogP contribution < -0.4 is 5.73 Å². The molecule has 2 aromatic rings. The fourth-order valence-electron chi connectivity index (χ4n) is 2.82. The predicted molar refractivity (Wildman–Crippen MR) is 81.4 cm³/mol. The third-order valence-corrected chi connectivity index (χ3v) is 4.00. The zero-order valence-corrected chi connectivity index (χ0v) is 12.2. The van der Waals surface area contributed by atoms with Crippen molar-refractivity contribution >= 4 is 5.91 Å². The second-order valence-electron chi connectivity index (χ2n) is 5.54. The van der Waals surface area contributed by atoms with Crippen molar-refractivity contribution in [1.82, 2.24) is 14.7 Å². The lowest BCUT2D eigenvalue weighted by Crippen LogP contribution is -2.39. The van der Waals surface area contributed by atoms with Gasteiger partial charge in [-0.25, -0.2) is 4.68 Å². The number of nitrogens with zero attached hydrogens (tertiary/aromatic N) is 3. The second kappa shape index (κ2) is 5.69. The predicted octanol–water partition coefficient (Wildman–Crippen LogP) is 1.74. The van der Waals surface area contributed by atoms with Gasteiger partial charge in [0.2, 0.25) is 0 Å². The summed E-state index contributed by atoms with van der Waals surface area (Å²) in [7, 11) is 0. The van der Waals surface area contributed by atoms with E-state index in [-0.39, 0.29) is 11.9 Å². The van der Waals surface area contributed by atoms with Crippen LogP contribution in [-0.2, 0) is 0 Å². The third kappa shape index (κ3) is 2.69. The van der Waals surface area contributed by atoms with Crippen LogP contribution in [0.5, 0.6) is 0 Å². The Labute approximate surface area is 124 Å². The van der Waals surface area contributed by atoms with E-state index in [1.165, 1.54) is 0 Å². The van der Waals surface area contributed by atoms with Gasteiger partial charge in [-0.05, 0) is 49.6 Å². The van der Waals surface area contributed by atoms with E-state index >= 15 is 0 Å². The van der Waals surface area contributed by atoms with Gasteiger partial charge in [0.15, 0.2) is 0 Å². The highest BCUT2D eigenvalue weighted by molar-refractivity contribution is 5.94. The number of aromatic nitrogens is 2. The van der Waals surface area contributed by atoms with E-state index in [4.69, 9.17) is 5.73 Å². The first-order valence-electron chi connectivity index (χ1n) is 7.32. The molecule has 1 aliphatic heterocycles. The number of likely N-dealkylation sites (tertiary alicyclic amines) is 1. The van der Waals surface area contributed by atoms with Crippen molar-refractivity contribution in [2.75, 3.05) is 13.1 Å². The number of amides is 1. The molecule has 110 valence electrons. The topological polar surface area (TPSA) is 64.2 Å². The van der Waals surface area contributed by atoms with E-state index < -0.39 is 0 Å². The molecule has 1 aromatic carbocycles. The summed E-state index contributed by atoms with van der Waals surface area (Å²) in [4.78, 5) is 14.4. The van der Waals surface area contributed by atoms with Gasteiger partial charge < -0.3 is 10.6 Å². The molecule has 2 heterocycles. The van der Waals surface area contributed by atoms with Gasteiger partial charge in [-0.1, -0.05) is 0 Å². The lowest BCUT2D eigenvalue weighted by Gasteiger charge is -2.23. The molecule has 0 radical (unpaired) electrons. The summed E-state index contributed by atoms with van der Waals surface area (Å²) in [5.74, 6) is 0.0751. The molecule has 1 unspecified atom stereocenters. The summed E-state index contributed by atoms with van der Waals surface area (Å²) in [5.41, 5.74) is 8.51. The summed E-state index contributed by atoms with van der Waals surface area (Å²) in [6, 6.07) is 7.76. The van der Waals surface area contributed by atoms with Crippen LogP contribution in [0.1, 0.15) is 28.8 Å². The van der Waals surface area contributed by atoms with Crippen LogP contribution in [0.4, 0.5) is 0 Å². The zero-order chi connectivity index (χ0) is 14.8. The van der Waals surface area contributed by atoms with Crippen LogP contribution in [0.2, 0.25) is 0 Å². The van der Waals surface area contributed by atoms with Gasteiger partial charge in [0.25, 0.3) is 5.91 Å². The lowest BCUT2D eigenvalue weighted by atomic mass is 10.1. The fourth-order valence-corrected chi connectivity index (χ4v) is 2.82. The number of hydrogen-bond acceptors (Lipinski definition) is 3. The van der Waals surface area contributed by atoms with Gasteiger partial charge in [0.1, 0.15) is 0 Å². The monoisotopic (exact) mass is 284 g/mol. The first kappa shape index (κ1) is 13.8. The quantitative estimate of drug-likeness (QED) is 0.934. The molecule has 21 heavy (non-hydrogen) atoms. The summed E-state index contributed by atoms with van der Waals surface area (Å²) >= 11 is 0. The van der Waals surface area contributed by atoms with E-state index in [9.17, 15) is 4.79 Å². The number of aryl methyl sites for hydroxylation is 1. The van der Waals surface area contributed by atoms with Gasteiger partial charge >= 0.3 is 0 Å². The second-order valence-corrected chi connectivity index (χ2v) is 5.54. The minimum atomic E-state index is 0.0751. The average Bonchev–Trinajstić information content (AvgIpc) is 3.15. The molecule has 2 N–H and O–H groups in total. The fraction of sp³-hybridized carbons (Fsp3) is 0.375. The highest BCUT2D eigenvalue weighted by Gasteiger charge is 2.28. The zero-order valence-electron chi connectivity index (χ0n) is 12.2. The lowest BCUT2D eigenvalue weighted by molar-refractivity contribution is 0.0741. The van der Waals surface area contributed by atoms with Gasteiger partial charge in [-0.2, -0.15) is 5.10 Å². The molecule has 1 aromatic heterocycles. The summed E-state index contributed by atoms with van der Waals surface area (Å²) in [5, 5.41) is 4.27. The first-order chi connectivity index (χ1) is 10.2. The molecular weight excluding hydrogens is 264 g/mol. The normalized spacial score (nSPS) is 18.2. The van der Waals surface area contributed by atoms with E-state index in [1.807, 2.05) is 53.2 Å². The Hall–Kier alpha value is -2.14. The maximum atomic E-state index is 12.5. The molecule has 5 heteroatoms. The van der Waals surface area contributed by atoms with Crippen molar-refractivity contribution in [2.45, 2.75) is 25.8 Å². The van der Waals surface area contributed by atoms with Crippen molar-refractivity contribution in [3.63, 3.8) is 0 Å². The maximum absolute atomic E-state index is 12.5. The molecule has 3 rings (SSSR count). The van der Waals surface area contributed by atoms with Crippen molar-refractivity contribution in [3.8, 4) is 5.69 Å². The average molecular weight is 284 g/mol. The van der Waals surface area contributed by atoms with E-state index in [1.54, 1.807) is 0 Å². The molecule has 0 spiro atoms. The number of rotatable bonds is 3. The number of carbonyl (C=O) groups excluding carboxylic acids is 1.